The summed E-state index contributed by atoms with van der Waals surface area (Å²) in [5, 5.41) is 3.58. The molecule has 0 heterocycles. The van der Waals surface area contributed by atoms with Crippen molar-refractivity contribution < 1.29 is 4.74 Å². The Balaban J connectivity index is 1.76. The lowest BCUT2D eigenvalue weighted by Gasteiger charge is -2.31. The van der Waals surface area contributed by atoms with Crippen LogP contribution < -0.4 is 10.1 Å². The van der Waals surface area contributed by atoms with Crippen molar-refractivity contribution in [2.75, 3.05) is 13.7 Å². The summed E-state index contributed by atoms with van der Waals surface area (Å²) in [5.41, 5.74) is 3.64. The molecule has 0 aliphatic heterocycles. The summed E-state index contributed by atoms with van der Waals surface area (Å²) in [7, 11) is 1.70. The van der Waals surface area contributed by atoms with Gasteiger partial charge < -0.3 is 10.1 Å². The van der Waals surface area contributed by atoms with Crippen LogP contribution in [0.25, 0.3) is 5.70 Å². The Bertz CT molecular complexity index is 657. The van der Waals surface area contributed by atoms with Gasteiger partial charge in [0.2, 0.25) is 0 Å². The summed E-state index contributed by atoms with van der Waals surface area (Å²) in [6, 6.07) is 18.9. The molecule has 23 heavy (non-hydrogen) atoms. The molecular formula is C21H25NO. The Morgan fingerprint density at radius 1 is 1.04 bits per heavy atom. The number of hydrogen-bond donors (Lipinski definition) is 1. The fourth-order valence-electron chi connectivity index (χ4n) is 3.68. The third-order valence-corrected chi connectivity index (χ3v) is 5.02. The number of para-hydroxylation sites is 1. The van der Waals surface area contributed by atoms with Gasteiger partial charge in [0.1, 0.15) is 5.75 Å². The van der Waals surface area contributed by atoms with Crippen LogP contribution in [0, 0.1) is 0 Å². The second kappa shape index (κ2) is 6.91. The van der Waals surface area contributed by atoms with E-state index in [-0.39, 0.29) is 5.41 Å². The molecule has 3 rings (SSSR count). The summed E-state index contributed by atoms with van der Waals surface area (Å²) in [6.07, 6.45) is 5.09. The lowest BCUT2D eigenvalue weighted by molar-refractivity contribution is 0.411. The minimum absolute atomic E-state index is 0.228. The maximum absolute atomic E-state index is 5.45. The maximum Gasteiger partial charge on any atom is 0.128 e. The van der Waals surface area contributed by atoms with E-state index < -0.39 is 0 Å². The number of rotatable bonds is 6. The maximum atomic E-state index is 5.45. The van der Waals surface area contributed by atoms with Gasteiger partial charge in [-0.1, -0.05) is 61.9 Å². The van der Waals surface area contributed by atoms with E-state index in [2.05, 4.69) is 48.3 Å². The molecule has 1 fully saturated rings. The van der Waals surface area contributed by atoms with Gasteiger partial charge in [-0.3, -0.25) is 0 Å². The van der Waals surface area contributed by atoms with Crippen molar-refractivity contribution in [3.63, 3.8) is 0 Å². The third kappa shape index (κ3) is 3.26. The molecule has 0 atom stereocenters. The van der Waals surface area contributed by atoms with Crippen molar-refractivity contribution in [2.45, 2.75) is 31.1 Å². The van der Waals surface area contributed by atoms with E-state index in [1.807, 2.05) is 18.2 Å². The highest BCUT2D eigenvalue weighted by atomic mass is 16.5. The molecule has 2 nitrogen and oxygen atoms in total. The molecule has 0 amide bonds. The van der Waals surface area contributed by atoms with Crippen molar-refractivity contribution in [1.29, 1.82) is 0 Å². The molecule has 0 radical (unpaired) electrons. The Hall–Kier alpha value is -2.22. The number of benzene rings is 2. The smallest absolute Gasteiger partial charge is 0.128 e. The highest BCUT2D eigenvalue weighted by Gasteiger charge is 2.35. The molecule has 2 heteroatoms. The molecule has 0 bridgehead atoms. The van der Waals surface area contributed by atoms with Gasteiger partial charge in [0.05, 0.1) is 7.11 Å². The Morgan fingerprint density at radius 3 is 2.39 bits per heavy atom. The number of methoxy groups -OCH3 is 1. The first kappa shape index (κ1) is 15.7. The van der Waals surface area contributed by atoms with Gasteiger partial charge in [-0.15, -0.1) is 0 Å². The summed E-state index contributed by atoms with van der Waals surface area (Å²) in [4.78, 5) is 0. The van der Waals surface area contributed by atoms with Gasteiger partial charge in [-0.2, -0.15) is 0 Å². The minimum Gasteiger partial charge on any atom is -0.496 e. The zero-order valence-corrected chi connectivity index (χ0v) is 13.8. The minimum atomic E-state index is 0.228. The quantitative estimate of drug-likeness (QED) is 0.830. The molecule has 0 aromatic heterocycles. The lowest BCUT2D eigenvalue weighted by Crippen LogP contribution is -2.35. The standard InChI is InChI=1S/C21H25NO/c1-17(19-12-6-7-13-20(19)23-2)22-16-21(14-8-9-15-21)18-10-4-3-5-11-18/h3-7,10-13,22H,1,8-9,14-16H2,2H3. The predicted molar refractivity (Wildman–Crippen MR) is 96.6 cm³/mol. The van der Waals surface area contributed by atoms with Crippen LogP contribution in [0.2, 0.25) is 0 Å². The predicted octanol–water partition coefficient (Wildman–Crippen LogP) is 4.77. The highest BCUT2D eigenvalue weighted by molar-refractivity contribution is 5.67. The van der Waals surface area contributed by atoms with Crippen LogP contribution >= 0.6 is 0 Å². The molecule has 0 saturated heterocycles. The monoisotopic (exact) mass is 307 g/mol. The lowest BCUT2D eigenvalue weighted by atomic mass is 9.78. The molecule has 1 N–H and O–H groups in total. The van der Waals surface area contributed by atoms with Gasteiger partial charge in [-0.25, -0.2) is 0 Å². The molecule has 1 aliphatic rings. The SMILES string of the molecule is C=C(NCC1(c2ccccc2)CCCC1)c1ccccc1OC. The zero-order chi connectivity index (χ0) is 16.1. The summed E-state index contributed by atoms with van der Waals surface area (Å²) >= 11 is 0. The molecule has 0 unspecified atom stereocenters. The highest BCUT2D eigenvalue weighted by Crippen LogP contribution is 2.41. The second-order valence-electron chi connectivity index (χ2n) is 6.39. The average molecular weight is 307 g/mol. The fraction of sp³-hybridized carbons (Fsp3) is 0.333. The van der Waals surface area contributed by atoms with Crippen LogP contribution in [0.4, 0.5) is 0 Å². The van der Waals surface area contributed by atoms with E-state index >= 15 is 0 Å². The van der Waals surface area contributed by atoms with E-state index in [1.165, 1.54) is 31.2 Å². The van der Waals surface area contributed by atoms with Crippen molar-refractivity contribution in [3.8, 4) is 5.75 Å². The number of hydrogen-bond acceptors (Lipinski definition) is 2. The van der Waals surface area contributed by atoms with E-state index in [1.54, 1.807) is 7.11 Å². The second-order valence-corrected chi connectivity index (χ2v) is 6.39. The van der Waals surface area contributed by atoms with E-state index in [4.69, 9.17) is 4.74 Å². The van der Waals surface area contributed by atoms with Gasteiger partial charge in [0, 0.05) is 23.2 Å². The van der Waals surface area contributed by atoms with Crippen LogP contribution in [-0.4, -0.2) is 13.7 Å². The van der Waals surface area contributed by atoms with Crippen LogP contribution in [0.1, 0.15) is 36.8 Å². The third-order valence-electron chi connectivity index (χ3n) is 5.02. The molecule has 1 aliphatic carbocycles. The first-order valence-electron chi connectivity index (χ1n) is 8.37. The van der Waals surface area contributed by atoms with E-state index in [0.29, 0.717) is 0 Å². The van der Waals surface area contributed by atoms with Gasteiger partial charge >= 0.3 is 0 Å². The van der Waals surface area contributed by atoms with Crippen molar-refractivity contribution in [1.82, 2.24) is 5.32 Å². The zero-order valence-electron chi connectivity index (χ0n) is 13.8. The molecule has 1 saturated carbocycles. The van der Waals surface area contributed by atoms with Crippen LogP contribution in [0.3, 0.4) is 0 Å². The summed E-state index contributed by atoms with van der Waals surface area (Å²) in [5.74, 6) is 0.866. The van der Waals surface area contributed by atoms with Crippen molar-refractivity contribution in [2.24, 2.45) is 0 Å². The van der Waals surface area contributed by atoms with Crippen LogP contribution in [0.15, 0.2) is 61.2 Å². The number of ether oxygens (including phenoxy) is 1. The molecule has 120 valence electrons. The van der Waals surface area contributed by atoms with Crippen molar-refractivity contribution >= 4 is 5.70 Å². The molecule has 2 aromatic rings. The van der Waals surface area contributed by atoms with Gasteiger partial charge in [-0.05, 0) is 30.5 Å². The van der Waals surface area contributed by atoms with Gasteiger partial charge in [0.15, 0.2) is 0 Å². The van der Waals surface area contributed by atoms with E-state index in [9.17, 15) is 0 Å². The average Bonchev–Trinajstić information content (AvgIpc) is 3.10. The summed E-state index contributed by atoms with van der Waals surface area (Å²) in [6.45, 7) is 5.15. The Morgan fingerprint density at radius 2 is 1.70 bits per heavy atom. The summed E-state index contributed by atoms with van der Waals surface area (Å²) < 4.78 is 5.45. The topological polar surface area (TPSA) is 21.3 Å². The number of nitrogens with one attached hydrogen (secondary N) is 1. The molecule has 2 aromatic carbocycles. The van der Waals surface area contributed by atoms with Gasteiger partial charge in [0.25, 0.3) is 0 Å². The van der Waals surface area contributed by atoms with Crippen molar-refractivity contribution in [3.05, 3.63) is 72.3 Å². The van der Waals surface area contributed by atoms with E-state index in [0.717, 1.165) is 23.6 Å². The first-order chi connectivity index (χ1) is 11.2. The largest absolute Gasteiger partial charge is 0.496 e. The first-order valence-corrected chi connectivity index (χ1v) is 8.37. The Kier molecular flexibility index (Phi) is 4.71. The molecule has 0 spiro atoms. The normalized spacial score (nSPS) is 16.0. The molecular weight excluding hydrogens is 282 g/mol. The van der Waals surface area contributed by atoms with Crippen LogP contribution in [-0.2, 0) is 5.41 Å². The van der Waals surface area contributed by atoms with Crippen LogP contribution in [0.5, 0.6) is 5.75 Å². The fourth-order valence-corrected chi connectivity index (χ4v) is 3.68. The Labute approximate surface area is 139 Å².